The molecule has 1 saturated heterocycles. The third-order valence-electron chi connectivity index (χ3n) is 1.86. The summed E-state index contributed by atoms with van der Waals surface area (Å²) in [7, 11) is 0. The monoisotopic (exact) mass is 242 g/mol. The first-order chi connectivity index (χ1) is 6.34. The first-order valence-corrected chi connectivity index (χ1v) is 5.08. The van der Waals surface area contributed by atoms with Crippen LogP contribution in [0.3, 0.4) is 0 Å². The molecular formula is C10H11BrO2. The molecule has 3 heteroatoms. The van der Waals surface area contributed by atoms with Crippen LogP contribution in [0, 0.1) is 0 Å². The van der Waals surface area contributed by atoms with E-state index in [1.165, 1.54) is 5.56 Å². The van der Waals surface area contributed by atoms with Gasteiger partial charge in [-0.05, 0) is 17.7 Å². The van der Waals surface area contributed by atoms with Crippen LogP contribution >= 0.6 is 15.9 Å². The third-order valence-corrected chi connectivity index (χ3v) is 2.36. The Morgan fingerprint density at radius 2 is 2.38 bits per heavy atom. The summed E-state index contributed by atoms with van der Waals surface area (Å²) in [5.41, 5.74) is 1.19. The topological polar surface area (TPSA) is 21.8 Å². The molecule has 1 atom stereocenters. The zero-order valence-corrected chi connectivity index (χ0v) is 8.79. The maximum absolute atomic E-state index is 5.45. The first kappa shape index (κ1) is 9.19. The Hall–Kier alpha value is -0.380. The van der Waals surface area contributed by atoms with Gasteiger partial charge in [0.05, 0.1) is 19.8 Å². The Morgan fingerprint density at radius 1 is 1.54 bits per heavy atom. The Labute approximate surface area is 86.0 Å². The van der Waals surface area contributed by atoms with Gasteiger partial charge in [-0.25, -0.2) is 0 Å². The van der Waals surface area contributed by atoms with Crippen molar-refractivity contribution < 1.29 is 9.47 Å². The fourth-order valence-electron chi connectivity index (χ4n) is 1.10. The lowest BCUT2D eigenvalue weighted by Crippen LogP contribution is -2.01. The van der Waals surface area contributed by atoms with Gasteiger partial charge < -0.3 is 9.47 Å². The highest BCUT2D eigenvalue weighted by Crippen LogP contribution is 2.14. The molecule has 0 amide bonds. The van der Waals surface area contributed by atoms with E-state index in [0.717, 1.165) is 11.1 Å². The summed E-state index contributed by atoms with van der Waals surface area (Å²) in [4.78, 5) is 0. The Balaban J connectivity index is 1.79. The molecule has 0 aliphatic carbocycles. The van der Waals surface area contributed by atoms with E-state index in [4.69, 9.17) is 9.47 Å². The first-order valence-electron chi connectivity index (χ1n) is 4.28. The summed E-state index contributed by atoms with van der Waals surface area (Å²) in [5, 5.41) is 0. The predicted octanol–water partition coefficient (Wildman–Crippen LogP) is 2.36. The average Bonchev–Trinajstić information content (AvgIpc) is 2.88. The molecular weight excluding hydrogens is 232 g/mol. The molecule has 1 fully saturated rings. The summed E-state index contributed by atoms with van der Waals surface area (Å²) in [6.45, 7) is 2.24. The summed E-state index contributed by atoms with van der Waals surface area (Å²) in [6, 6.07) is 8.14. The minimum Gasteiger partial charge on any atom is -0.374 e. The Morgan fingerprint density at radius 3 is 3.08 bits per heavy atom. The smallest absolute Gasteiger partial charge is 0.104 e. The standard InChI is InChI=1S/C10H11BrO2/c11-9-3-1-2-8(4-9)5-12-6-10-7-13-10/h1-4,10H,5-7H2/t10-/m1/s1. The number of rotatable bonds is 4. The summed E-state index contributed by atoms with van der Waals surface area (Å²) in [5.74, 6) is 0. The van der Waals surface area contributed by atoms with Gasteiger partial charge >= 0.3 is 0 Å². The zero-order valence-electron chi connectivity index (χ0n) is 7.20. The number of benzene rings is 1. The van der Waals surface area contributed by atoms with Crippen LogP contribution in [0.1, 0.15) is 5.56 Å². The van der Waals surface area contributed by atoms with Crippen LogP contribution in [-0.2, 0) is 16.1 Å². The van der Waals surface area contributed by atoms with Crippen molar-refractivity contribution in [2.45, 2.75) is 12.7 Å². The van der Waals surface area contributed by atoms with Crippen molar-refractivity contribution in [2.75, 3.05) is 13.2 Å². The van der Waals surface area contributed by atoms with E-state index in [2.05, 4.69) is 28.1 Å². The maximum Gasteiger partial charge on any atom is 0.104 e. The molecule has 1 aliphatic heterocycles. The second kappa shape index (κ2) is 4.22. The van der Waals surface area contributed by atoms with Crippen LogP contribution in [0.25, 0.3) is 0 Å². The molecule has 1 aromatic rings. The van der Waals surface area contributed by atoms with E-state index < -0.39 is 0 Å². The molecule has 0 radical (unpaired) electrons. The van der Waals surface area contributed by atoms with Crippen LogP contribution in [0.2, 0.25) is 0 Å². The number of halogens is 1. The molecule has 2 rings (SSSR count). The molecule has 0 bridgehead atoms. The van der Waals surface area contributed by atoms with Crippen molar-refractivity contribution >= 4 is 15.9 Å². The van der Waals surface area contributed by atoms with Crippen molar-refractivity contribution in [2.24, 2.45) is 0 Å². The summed E-state index contributed by atoms with van der Waals surface area (Å²) in [6.07, 6.45) is 0.354. The van der Waals surface area contributed by atoms with Crippen LogP contribution in [-0.4, -0.2) is 19.3 Å². The fraction of sp³-hybridized carbons (Fsp3) is 0.400. The molecule has 70 valence electrons. The molecule has 2 nitrogen and oxygen atoms in total. The van der Waals surface area contributed by atoms with Crippen molar-refractivity contribution in [3.8, 4) is 0 Å². The maximum atomic E-state index is 5.45. The third kappa shape index (κ3) is 3.10. The largest absolute Gasteiger partial charge is 0.374 e. The van der Waals surface area contributed by atoms with Crippen LogP contribution in [0.15, 0.2) is 28.7 Å². The minimum absolute atomic E-state index is 0.354. The van der Waals surface area contributed by atoms with E-state index in [0.29, 0.717) is 19.3 Å². The average molecular weight is 243 g/mol. The highest BCUT2D eigenvalue weighted by atomic mass is 79.9. The van der Waals surface area contributed by atoms with Gasteiger partial charge in [0.1, 0.15) is 6.10 Å². The molecule has 0 spiro atoms. The predicted molar refractivity (Wildman–Crippen MR) is 53.5 cm³/mol. The summed E-state index contributed by atoms with van der Waals surface area (Å²) < 4.78 is 11.6. The van der Waals surface area contributed by atoms with Gasteiger partial charge in [0, 0.05) is 4.47 Å². The Kier molecular flexibility index (Phi) is 2.98. The van der Waals surface area contributed by atoms with E-state index in [1.807, 2.05) is 12.1 Å². The quantitative estimate of drug-likeness (QED) is 0.757. The summed E-state index contributed by atoms with van der Waals surface area (Å²) >= 11 is 3.42. The van der Waals surface area contributed by atoms with Gasteiger partial charge in [0.2, 0.25) is 0 Å². The molecule has 1 aromatic carbocycles. The van der Waals surface area contributed by atoms with Gasteiger partial charge in [-0.2, -0.15) is 0 Å². The van der Waals surface area contributed by atoms with Crippen LogP contribution < -0.4 is 0 Å². The SMILES string of the molecule is Brc1cccc(COC[C@@H]2CO2)c1. The van der Waals surface area contributed by atoms with Crippen molar-refractivity contribution in [1.82, 2.24) is 0 Å². The number of ether oxygens (including phenoxy) is 2. The van der Waals surface area contributed by atoms with E-state index in [1.54, 1.807) is 0 Å². The van der Waals surface area contributed by atoms with Crippen LogP contribution in [0.5, 0.6) is 0 Å². The van der Waals surface area contributed by atoms with Gasteiger partial charge in [-0.3, -0.25) is 0 Å². The normalized spacial score (nSPS) is 20.2. The number of hydrogen-bond acceptors (Lipinski definition) is 2. The lowest BCUT2D eigenvalue weighted by Gasteiger charge is -2.02. The molecule has 1 aliphatic rings. The van der Waals surface area contributed by atoms with E-state index >= 15 is 0 Å². The van der Waals surface area contributed by atoms with E-state index in [9.17, 15) is 0 Å². The fourth-order valence-corrected chi connectivity index (χ4v) is 1.55. The lowest BCUT2D eigenvalue weighted by atomic mass is 10.2. The molecule has 0 aromatic heterocycles. The van der Waals surface area contributed by atoms with E-state index in [-0.39, 0.29) is 0 Å². The van der Waals surface area contributed by atoms with Gasteiger partial charge in [-0.15, -0.1) is 0 Å². The van der Waals surface area contributed by atoms with Crippen molar-refractivity contribution in [3.63, 3.8) is 0 Å². The van der Waals surface area contributed by atoms with Crippen molar-refractivity contribution in [1.29, 1.82) is 0 Å². The molecule has 0 unspecified atom stereocenters. The molecule has 0 saturated carbocycles. The molecule has 0 N–H and O–H groups in total. The van der Waals surface area contributed by atoms with Gasteiger partial charge in [0.15, 0.2) is 0 Å². The number of hydrogen-bond donors (Lipinski definition) is 0. The zero-order chi connectivity index (χ0) is 9.10. The van der Waals surface area contributed by atoms with Crippen LogP contribution in [0.4, 0.5) is 0 Å². The van der Waals surface area contributed by atoms with Gasteiger partial charge in [-0.1, -0.05) is 28.1 Å². The molecule has 13 heavy (non-hydrogen) atoms. The highest BCUT2D eigenvalue weighted by Gasteiger charge is 2.22. The second-order valence-corrected chi connectivity index (χ2v) is 4.02. The van der Waals surface area contributed by atoms with Crippen molar-refractivity contribution in [3.05, 3.63) is 34.3 Å². The minimum atomic E-state index is 0.354. The van der Waals surface area contributed by atoms with Gasteiger partial charge in [0.25, 0.3) is 0 Å². The highest BCUT2D eigenvalue weighted by molar-refractivity contribution is 9.10. The number of epoxide rings is 1. The Bertz CT molecular complexity index is 284. The lowest BCUT2D eigenvalue weighted by molar-refractivity contribution is 0.104. The molecule has 1 heterocycles. The second-order valence-electron chi connectivity index (χ2n) is 3.10.